The van der Waals surface area contributed by atoms with Gasteiger partial charge in [-0.3, -0.25) is 0 Å². The number of rotatable bonds is 4. The molecular weight excluding hydrogens is 297 g/mol. The fourth-order valence-corrected chi connectivity index (χ4v) is 3.34. The number of anilines is 2. The Hall–Kier alpha value is -2.28. The summed E-state index contributed by atoms with van der Waals surface area (Å²) in [5.41, 5.74) is 0. The molecule has 0 aromatic carbocycles. The molecule has 0 amide bonds. The van der Waals surface area contributed by atoms with Gasteiger partial charge in [0.15, 0.2) is 5.82 Å². The molecule has 0 unspecified atom stereocenters. The number of halogens is 1. The molecule has 120 valence electrons. The minimum atomic E-state index is -0.415. The van der Waals surface area contributed by atoms with E-state index in [2.05, 4.69) is 25.2 Å². The Bertz CT molecular complexity index is 653. The van der Waals surface area contributed by atoms with Crippen LogP contribution in [0.4, 0.5) is 16.2 Å². The van der Waals surface area contributed by atoms with E-state index in [1.54, 1.807) is 6.20 Å². The maximum absolute atomic E-state index is 12.9. The van der Waals surface area contributed by atoms with E-state index in [4.69, 9.17) is 4.74 Å². The molecule has 0 aliphatic carbocycles. The van der Waals surface area contributed by atoms with Crippen molar-refractivity contribution in [3.05, 3.63) is 42.6 Å². The van der Waals surface area contributed by atoms with Crippen LogP contribution in [-0.4, -0.2) is 47.3 Å². The van der Waals surface area contributed by atoms with Crippen LogP contribution in [0.25, 0.3) is 0 Å². The predicted molar refractivity (Wildman–Crippen MR) is 83.6 cm³/mol. The summed E-state index contributed by atoms with van der Waals surface area (Å²) in [6, 6.07) is 5.82. The van der Waals surface area contributed by atoms with Crippen molar-refractivity contribution < 1.29 is 9.13 Å². The molecule has 2 saturated heterocycles. The summed E-state index contributed by atoms with van der Waals surface area (Å²) in [4.78, 5) is 14.5. The summed E-state index contributed by atoms with van der Waals surface area (Å²) in [5, 5.41) is 3.37. The second kappa shape index (κ2) is 6.08. The zero-order chi connectivity index (χ0) is 15.6. The van der Waals surface area contributed by atoms with Crippen LogP contribution >= 0.6 is 0 Å². The molecular formula is C16H18FN5O. The van der Waals surface area contributed by atoms with Crippen molar-refractivity contribution in [1.29, 1.82) is 0 Å². The highest BCUT2D eigenvalue weighted by Crippen LogP contribution is 2.34. The van der Waals surface area contributed by atoms with Crippen LogP contribution in [0.2, 0.25) is 0 Å². The molecule has 2 fully saturated rings. The number of nitrogens with zero attached hydrogens (tertiary/aromatic N) is 4. The van der Waals surface area contributed by atoms with Crippen LogP contribution in [0.15, 0.2) is 36.8 Å². The van der Waals surface area contributed by atoms with E-state index in [9.17, 15) is 4.39 Å². The summed E-state index contributed by atoms with van der Waals surface area (Å²) < 4.78 is 18.9. The van der Waals surface area contributed by atoms with Crippen LogP contribution in [0, 0.1) is 17.7 Å². The van der Waals surface area contributed by atoms with Crippen LogP contribution < -0.4 is 10.2 Å². The first-order valence-electron chi connectivity index (χ1n) is 7.78. The van der Waals surface area contributed by atoms with E-state index in [0.717, 1.165) is 32.1 Å². The van der Waals surface area contributed by atoms with Crippen molar-refractivity contribution in [2.24, 2.45) is 11.8 Å². The fourth-order valence-electron chi connectivity index (χ4n) is 3.34. The lowest BCUT2D eigenvalue weighted by Crippen LogP contribution is -2.28. The normalized spacial score (nSPS) is 26.3. The second-order valence-electron chi connectivity index (χ2n) is 6.00. The Morgan fingerprint density at radius 3 is 2.87 bits per heavy atom. The molecule has 7 heteroatoms. The van der Waals surface area contributed by atoms with Gasteiger partial charge >= 0.3 is 0 Å². The number of ether oxygens (including phenoxy) is 1. The molecule has 23 heavy (non-hydrogen) atoms. The fraction of sp³-hybridized carbons (Fsp3) is 0.438. The quantitative estimate of drug-likeness (QED) is 0.924. The van der Waals surface area contributed by atoms with E-state index in [1.165, 1.54) is 12.4 Å². The van der Waals surface area contributed by atoms with E-state index in [0.29, 0.717) is 17.8 Å². The van der Waals surface area contributed by atoms with Crippen molar-refractivity contribution in [3.63, 3.8) is 0 Å². The molecule has 1 N–H and O–H groups in total. The van der Waals surface area contributed by atoms with Gasteiger partial charge < -0.3 is 15.0 Å². The number of fused-ring (bicyclic) bond motifs is 1. The standard InChI is InChI=1S/C16H18FN5O/c17-12-6-20-16(21-7-12)22-8-13-11(10-23-14(13)9-22)5-19-15-3-1-2-4-18-15/h1-4,6-7,11,13-14H,5,8-10H2,(H,18,19)/t11-,13+,14+/m1/s1. The van der Waals surface area contributed by atoms with Gasteiger partial charge in [-0.15, -0.1) is 0 Å². The first kappa shape index (κ1) is 14.3. The van der Waals surface area contributed by atoms with E-state index in [-0.39, 0.29) is 6.10 Å². The minimum Gasteiger partial charge on any atom is -0.376 e. The highest BCUT2D eigenvalue weighted by Gasteiger charge is 2.44. The number of hydrogen-bond donors (Lipinski definition) is 1. The topological polar surface area (TPSA) is 63.2 Å². The molecule has 2 aromatic heterocycles. The molecule has 3 atom stereocenters. The smallest absolute Gasteiger partial charge is 0.225 e. The van der Waals surface area contributed by atoms with Gasteiger partial charge in [-0.2, -0.15) is 0 Å². The van der Waals surface area contributed by atoms with Crippen molar-refractivity contribution in [2.45, 2.75) is 6.10 Å². The molecule has 0 spiro atoms. The Kier molecular flexibility index (Phi) is 3.78. The second-order valence-corrected chi connectivity index (χ2v) is 6.00. The monoisotopic (exact) mass is 315 g/mol. The number of pyridine rings is 1. The van der Waals surface area contributed by atoms with Crippen LogP contribution in [0.1, 0.15) is 0 Å². The number of hydrogen-bond acceptors (Lipinski definition) is 6. The summed E-state index contributed by atoms with van der Waals surface area (Å²) >= 11 is 0. The van der Waals surface area contributed by atoms with Crippen LogP contribution in [0.3, 0.4) is 0 Å². The molecule has 0 saturated carbocycles. The molecule has 2 aromatic rings. The zero-order valence-electron chi connectivity index (χ0n) is 12.6. The third kappa shape index (κ3) is 2.96. The first-order valence-corrected chi connectivity index (χ1v) is 7.78. The third-order valence-electron chi connectivity index (χ3n) is 4.54. The van der Waals surface area contributed by atoms with Gasteiger partial charge in [0, 0.05) is 37.7 Å². The number of nitrogens with one attached hydrogen (secondary N) is 1. The van der Waals surface area contributed by atoms with E-state index < -0.39 is 5.82 Å². The van der Waals surface area contributed by atoms with Crippen molar-refractivity contribution in [3.8, 4) is 0 Å². The van der Waals surface area contributed by atoms with E-state index in [1.807, 2.05) is 18.2 Å². The molecule has 4 heterocycles. The van der Waals surface area contributed by atoms with Crippen LogP contribution in [0.5, 0.6) is 0 Å². The lowest BCUT2D eigenvalue weighted by molar-refractivity contribution is 0.111. The average molecular weight is 315 g/mol. The third-order valence-corrected chi connectivity index (χ3v) is 4.54. The summed E-state index contributed by atoms with van der Waals surface area (Å²) in [6.07, 6.45) is 4.38. The summed E-state index contributed by atoms with van der Waals surface area (Å²) in [6.45, 7) is 3.19. The molecule has 2 aliphatic heterocycles. The largest absolute Gasteiger partial charge is 0.376 e. The van der Waals surface area contributed by atoms with Gasteiger partial charge in [0.25, 0.3) is 0 Å². The highest BCUT2D eigenvalue weighted by atomic mass is 19.1. The Labute approximate surface area is 133 Å². The SMILES string of the molecule is Fc1cnc(N2C[C@H]3[C@H](CNc4ccccn4)CO[C@H]3C2)nc1. The van der Waals surface area contributed by atoms with Crippen LogP contribution in [-0.2, 0) is 4.74 Å². The summed E-state index contributed by atoms with van der Waals surface area (Å²) in [5.74, 6) is 1.89. The van der Waals surface area contributed by atoms with Crippen molar-refractivity contribution in [1.82, 2.24) is 15.0 Å². The average Bonchev–Trinajstić information content (AvgIpc) is 3.15. The van der Waals surface area contributed by atoms with Gasteiger partial charge in [-0.25, -0.2) is 19.3 Å². The molecule has 4 rings (SSSR count). The lowest BCUT2D eigenvalue weighted by atomic mass is 9.93. The van der Waals surface area contributed by atoms with Gasteiger partial charge in [0.05, 0.1) is 25.1 Å². The number of aromatic nitrogens is 3. The van der Waals surface area contributed by atoms with Gasteiger partial charge in [-0.1, -0.05) is 6.07 Å². The van der Waals surface area contributed by atoms with Gasteiger partial charge in [0.1, 0.15) is 5.82 Å². The van der Waals surface area contributed by atoms with Crippen molar-refractivity contribution >= 4 is 11.8 Å². The Morgan fingerprint density at radius 1 is 1.22 bits per heavy atom. The Morgan fingerprint density at radius 2 is 2.09 bits per heavy atom. The minimum absolute atomic E-state index is 0.194. The molecule has 0 bridgehead atoms. The molecule has 2 aliphatic rings. The molecule has 0 radical (unpaired) electrons. The first-order chi connectivity index (χ1) is 11.3. The molecule has 6 nitrogen and oxygen atoms in total. The zero-order valence-corrected chi connectivity index (χ0v) is 12.6. The predicted octanol–water partition coefficient (Wildman–Crippen LogP) is 1.57. The Balaban J connectivity index is 1.38. The summed E-state index contributed by atoms with van der Waals surface area (Å²) in [7, 11) is 0. The lowest BCUT2D eigenvalue weighted by Gasteiger charge is -2.20. The maximum atomic E-state index is 12.9. The van der Waals surface area contributed by atoms with Crippen molar-refractivity contribution in [2.75, 3.05) is 36.5 Å². The van der Waals surface area contributed by atoms with Gasteiger partial charge in [-0.05, 0) is 12.1 Å². The van der Waals surface area contributed by atoms with E-state index >= 15 is 0 Å². The maximum Gasteiger partial charge on any atom is 0.225 e. The highest BCUT2D eigenvalue weighted by molar-refractivity contribution is 5.35. The van der Waals surface area contributed by atoms with Gasteiger partial charge in [0.2, 0.25) is 5.95 Å².